The number of carbonyl (C=O) groups excluding carboxylic acids is 2. The van der Waals surface area contributed by atoms with Gasteiger partial charge in [-0.25, -0.2) is 0 Å². The maximum absolute atomic E-state index is 11.7. The molecule has 0 fully saturated rings. The van der Waals surface area contributed by atoms with Gasteiger partial charge in [-0.3, -0.25) is 9.59 Å². The molecule has 0 bridgehead atoms. The number of alkyl halides is 3. The van der Waals surface area contributed by atoms with Gasteiger partial charge in [0.1, 0.15) is 5.00 Å². The Bertz CT molecular complexity index is 552. The topological polar surface area (TPSA) is 72.2 Å². The van der Waals surface area contributed by atoms with E-state index in [1.807, 2.05) is 0 Å². The fourth-order valence-electron chi connectivity index (χ4n) is 2.27. The van der Waals surface area contributed by atoms with Gasteiger partial charge in [-0.05, 0) is 31.2 Å². The zero-order valence-corrected chi connectivity index (χ0v) is 13.6. The number of amides is 2. The summed E-state index contributed by atoms with van der Waals surface area (Å²) < 4.78 is -2.07. The Balaban J connectivity index is 2.38. The second kappa shape index (κ2) is 6.10. The molecule has 0 aliphatic heterocycles. The zero-order chi connectivity index (χ0) is 14.9. The Hall–Kier alpha value is -0.490. The molecule has 1 aromatic heterocycles. The Labute approximate surface area is 135 Å². The maximum Gasteiger partial charge on any atom is 0.277 e. The summed E-state index contributed by atoms with van der Waals surface area (Å²) in [7, 11) is 0. The molecule has 0 saturated carbocycles. The van der Waals surface area contributed by atoms with E-state index in [4.69, 9.17) is 40.5 Å². The molecule has 1 aliphatic carbocycles. The second-order valence-electron chi connectivity index (χ2n) is 4.58. The lowest BCUT2D eigenvalue weighted by Gasteiger charge is -2.11. The second-order valence-corrected chi connectivity index (χ2v) is 7.97. The lowest BCUT2D eigenvalue weighted by molar-refractivity contribution is -0.115. The maximum atomic E-state index is 11.7. The van der Waals surface area contributed by atoms with Crippen LogP contribution in [0.15, 0.2) is 0 Å². The van der Waals surface area contributed by atoms with Crippen LogP contribution in [0.3, 0.4) is 0 Å². The lowest BCUT2D eigenvalue weighted by atomic mass is 10.1. The van der Waals surface area contributed by atoms with Crippen LogP contribution in [-0.2, 0) is 17.6 Å². The molecule has 0 aromatic carbocycles. The Kier molecular flexibility index (Phi) is 4.84. The number of primary amides is 1. The molecule has 0 spiro atoms. The predicted octanol–water partition coefficient (Wildman–Crippen LogP) is 3.42. The first-order chi connectivity index (χ1) is 9.30. The largest absolute Gasteiger partial charge is 0.365 e. The standard InChI is InChI=1S/C12H13Cl3N2O2S/c13-12(14,15)11(19)17-10-8(9(16)18)6-4-2-1-3-5-7(6)20-10/h1-5H2,(H2,16,18)(H,17,19). The van der Waals surface area contributed by atoms with Crippen molar-refractivity contribution in [3.63, 3.8) is 0 Å². The van der Waals surface area contributed by atoms with E-state index in [1.54, 1.807) is 0 Å². The van der Waals surface area contributed by atoms with E-state index in [0.29, 0.717) is 10.6 Å². The summed E-state index contributed by atoms with van der Waals surface area (Å²) in [6.45, 7) is 0. The van der Waals surface area contributed by atoms with Crippen LogP contribution < -0.4 is 11.1 Å². The summed E-state index contributed by atoms with van der Waals surface area (Å²) >= 11 is 17.9. The van der Waals surface area contributed by atoms with Crippen molar-refractivity contribution in [1.29, 1.82) is 0 Å². The smallest absolute Gasteiger partial charge is 0.277 e. The van der Waals surface area contributed by atoms with Gasteiger partial charge < -0.3 is 11.1 Å². The lowest BCUT2D eigenvalue weighted by Crippen LogP contribution is -2.28. The van der Waals surface area contributed by atoms with E-state index in [0.717, 1.165) is 42.5 Å². The fraction of sp³-hybridized carbons (Fsp3) is 0.500. The molecule has 4 nitrogen and oxygen atoms in total. The highest BCUT2D eigenvalue weighted by Gasteiger charge is 2.33. The van der Waals surface area contributed by atoms with Crippen molar-refractivity contribution in [3.8, 4) is 0 Å². The van der Waals surface area contributed by atoms with Gasteiger partial charge in [0.25, 0.3) is 15.6 Å². The first kappa shape index (κ1) is 15.9. The minimum absolute atomic E-state index is 0.356. The van der Waals surface area contributed by atoms with Gasteiger partial charge in [0, 0.05) is 4.88 Å². The first-order valence-electron chi connectivity index (χ1n) is 6.13. The van der Waals surface area contributed by atoms with E-state index in [9.17, 15) is 9.59 Å². The van der Waals surface area contributed by atoms with Crippen molar-refractivity contribution in [3.05, 3.63) is 16.0 Å². The summed E-state index contributed by atoms with van der Waals surface area (Å²) in [4.78, 5) is 24.5. The quantitative estimate of drug-likeness (QED) is 0.630. The first-order valence-corrected chi connectivity index (χ1v) is 8.08. The van der Waals surface area contributed by atoms with Gasteiger partial charge in [0.15, 0.2) is 0 Å². The molecule has 110 valence electrons. The van der Waals surface area contributed by atoms with E-state index in [1.165, 1.54) is 11.3 Å². The third kappa shape index (κ3) is 3.39. The number of thiophene rings is 1. The molecular weight excluding hydrogens is 343 g/mol. The summed E-state index contributed by atoms with van der Waals surface area (Å²) in [6.07, 6.45) is 4.85. The number of nitrogens with two attached hydrogens (primary N) is 1. The van der Waals surface area contributed by atoms with E-state index >= 15 is 0 Å². The van der Waals surface area contributed by atoms with Crippen LogP contribution in [0.25, 0.3) is 0 Å². The third-order valence-electron chi connectivity index (χ3n) is 3.15. The molecule has 0 radical (unpaired) electrons. The van der Waals surface area contributed by atoms with Gasteiger partial charge >= 0.3 is 0 Å². The number of nitrogens with one attached hydrogen (secondary N) is 1. The SMILES string of the molecule is NC(=O)c1c(NC(=O)C(Cl)(Cl)Cl)sc2c1CCCCC2. The highest BCUT2D eigenvalue weighted by molar-refractivity contribution is 7.17. The van der Waals surface area contributed by atoms with Crippen molar-refractivity contribution in [2.24, 2.45) is 5.73 Å². The van der Waals surface area contributed by atoms with E-state index in [-0.39, 0.29) is 0 Å². The molecule has 8 heteroatoms. The summed E-state index contributed by atoms with van der Waals surface area (Å²) in [5.74, 6) is -1.36. The van der Waals surface area contributed by atoms with E-state index < -0.39 is 15.6 Å². The van der Waals surface area contributed by atoms with Crippen molar-refractivity contribution in [1.82, 2.24) is 0 Å². The molecule has 2 rings (SSSR count). The van der Waals surface area contributed by atoms with Crippen molar-refractivity contribution in [2.45, 2.75) is 35.9 Å². The zero-order valence-electron chi connectivity index (χ0n) is 10.5. The molecular formula is C12H13Cl3N2O2S. The van der Waals surface area contributed by atoms with Gasteiger partial charge in [-0.2, -0.15) is 0 Å². The third-order valence-corrected chi connectivity index (χ3v) is 4.87. The molecule has 1 aromatic rings. The highest BCUT2D eigenvalue weighted by atomic mass is 35.6. The summed E-state index contributed by atoms with van der Waals surface area (Å²) in [5.41, 5.74) is 6.72. The van der Waals surface area contributed by atoms with E-state index in [2.05, 4.69) is 5.32 Å². The molecule has 0 unspecified atom stereocenters. The van der Waals surface area contributed by atoms with Crippen molar-refractivity contribution in [2.75, 3.05) is 5.32 Å². The predicted molar refractivity (Wildman–Crippen MR) is 83.0 cm³/mol. The number of anilines is 1. The monoisotopic (exact) mass is 354 g/mol. The summed E-state index contributed by atoms with van der Waals surface area (Å²) in [5, 5.41) is 2.87. The number of hydrogen-bond acceptors (Lipinski definition) is 3. The van der Waals surface area contributed by atoms with Gasteiger partial charge in [0.05, 0.1) is 5.56 Å². The minimum atomic E-state index is -2.07. The molecule has 0 saturated heterocycles. The average molecular weight is 356 g/mol. The Morgan fingerprint density at radius 1 is 1.15 bits per heavy atom. The highest BCUT2D eigenvalue weighted by Crippen LogP contribution is 2.38. The van der Waals surface area contributed by atoms with Gasteiger partial charge in [-0.1, -0.05) is 41.2 Å². The van der Waals surface area contributed by atoms with Crippen LogP contribution in [-0.4, -0.2) is 15.6 Å². The molecule has 1 heterocycles. The number of fused-ring (bicyclic) bond motifs is 1. The van der Waals surface area contributed by atoms with Crippen LogP contribution >= 0.6 is 46.1 Å². The number of hydrogen-bond donors (Lipinski definition) is 2. The van der Waals surface area contributed by atoms with Crippen LogP contribution in [0.4, 0.5) is 5.00 Å². The van der Waals surface area contributed by atoms with Crippen LogP contribution in [0.2, 0.25) is 0 Å². The fourth-order valence-corrected chi connectivity index (χ4v) is 3.70. The van der Waals surface area contributed by atoms with Gasteiger partial charge in [0.2, 0.25) is 0 Å². The Morgan fingerprint density at radius 3 is 2.40 bits per heavy atom. The molecule has 0 atom stereocenters. The van der Waals surface area contributed by atoms with Gasteiger partial charge in [-0.15, -0.1) is 11.3 Å². The normalized spacial score (nSPS) is 15.3. The molecule has 2 amide bonds. The number of aryl methyl sites for hydroxylation is 1. The molecule has 20 heavy (non-hydrogen) atoms. The molecule has 3 N–H and O–H groups in total. The average Bonchev–Trinajstić information content (AvgIpc) is 2.51. The number of halogens is 3. The summed E-state index contributed by atoms with van der Waals surface area (Å²) in [6, 6.07) is 0. The Morgan fingerprint density at radius 2 is 1.80 bits per heavy atom. The van der Waals surface area contributed by atoms with Crippen molar-refractivity contribution >= 4 is 63.0 Å². The number of carbonyl (C=O) groups is 2. The molecule has 1 aliphatic rings. The minimum Gasteiger partial charge on any atom is -0.365 e. The van der Waals surface area contributed by atoms with Crippen LogP contribution in [0.1, 0.15) is 40.1 Å². The van der Waals surface area contributed by atoms with Crippen LogP contribution in [0, 0.1) is 0 Å². The van der Waals surface area contributed by atoms with Crippen LogP contribution in [0.5, 0.6) is 0 Å². The number of rotatable bonds is 2. The van der Waals surface area contributed by atoms with Crippen molar-refractivity contribution < 1.29 is 9.59 Å².